The van der Waals surface area contributed by atoms with Crippen molar-refractivity contribution in [3.05, 3.63) is 57.8 Å². The molecule has 2 amide bonds. The summed E-state index contributed by atoms with van der Waals surface area (Å²) in [5, 5.41) is 6.07. The quantitative estimate of drug-likeness (QED) is 0.766. The van der Waals surface area contributed by atoms with Gasteiger partial charge in [-0.05, 0) is 42.8 Å². The standard InChI is InChI=1S/C16H15Cl2FN2O2/c1-10-2-3-11(17)8-14(10)21-16(22)20-6-7-23-15-5-4-12(19)9-13(15)18/h2-5,8-9H,6-7H2,1H3,(H2,20,21,22). The van der Waals surface area contributed by atoms with E-state index in [4.69, 9.17) is 27.9 Å². The molecule has 2 aromatic rings. The van der Waals surface area contributed by atoms with Crippen molar-refractivity contribution in [2.75, 3.05) is 18.5 Å². The van der Waals surface area contributed by atoms with Gasteiger partial charge in [-0.25, -0.2) is 9.18 Å². The van der Waals surface area contributed by atoms with Gasteiger partial charge in [-0.1, -0.05) is 29.3 Å². The summed E-state index contributed by atoms with van der Waals surface area (Å²) >= 11 is 11.7. The maximum absolute atomic E-state index is 12.9. The highest BCUT2D eigenvalue weighted by molar-refractivity contribution is 6.32. The lowest BCUT2D eigenvalue weighted by Gasteiger charge is -2.11. The molecule has 7 heteroatoms. The molecule has 23 heavy (non-hydrogen) atoms. The van der Waals surface area contributed by atoms with Crippen molar-refractivity contribution in [1.82, 2.24) is 5.32 Å². The van der Waals surface area contributed by atoms with Crippen molar-refractivity contribution in [3.63, 3.8) is 0 Å². The Morgan fingerprint density at radius 1 is 1.22 bits per heavy atom. The molecule has 0 aliphatic heterocycles. The average Bonchev–Trinajstić information content (AvgIpc) is 2.49. The Kier molecular flexibility index (Phi) is 6.07. The van der Waals surface area contributed by atoms with E-state index in [1.165, 1.54) is 18.2 Å². The second-order valence-corrected chi connectivity index (χ2v) is 5.61. The number of hydrogen-bond donors (Lipinski definition) is 2. The second kappa shape index (κ2) is 8.04. The summed E-state index contributed by atoms with van der Waals surface area (Å²) in [6.45, 7) is 2.33. The molecule has 2 N–H and O–H groups in total. The van der Waals surface area contributed by atoms with Crippen LogP contribution in [0.4, 0.5) is 14.9 Å². The first-order chi connectivity index (χ1) is 11.0. The van der Waals surface area contributed by atoms with Crippen molar-refractivity contribution in [1.29, 1.82) is 0 Å². The van der Waals surface area contributed by atoms with E-state index >= 15 is 0 Å². The molecule has 0 atom stereocenters. The van der Waals surface area contributed by atoms with E-state index in [-0.39, 0.29) is 24.2 Å². The molecular weight excluding hydrogens is 342 g/mol. The molecule has 0 radical (unpaired) electrons. The highest BCUT2D eigenvalue weighted by atomic mass is 35.5. The van der Waals surface area contributed by atoms with Crippen LogP contribution in [0.5, 0.6) is 5.75 Å². The smallest absolute Gasteiger partial charge is 0.319 e. The number of ether oxygens (including phenoxy) is 1. The minimum absolute atomic E-state index is 0.184. The van der Waals surface area contributed by atoms with E-state index in [0.29, 0.717) is 16.5 Å². The summed E-state index contributed by atoms with van der Waals surface area (Å²) in [6.07, 6.45) is 0. The topological polar surface area (TPSA) is 50.4 Å². The monoisotopic (exact) mass is 356 g/mol. The number of urea groups is 1. The van der Waals surface area contributed by atoms with Gasteiger partial charge in [0, 0.05) is 10.7 Å². The molecule has 0 unspecified atom stereocenters. The molecule has 0 aliphatic rings. The number of benzene rings is 2. The highest BCUT2D eigenvalue weighted by Gasteiger charge is 2.06. The van der Waals surface area contributed by atoms with Crippen molar-refractivity contribution in [2.45, 2.75) is 6.92 Å². The minimum atomic E-state index is -0.434. The van der Waals surface area contributed by atoms with Gasteiger partial charge < -0.3 is 15.4 Å². The van der Waals surface area contributed by atoms with Crippen LogP contribution in [-0.4, -0.2) is 19.2 Å². The van der Waals surface area contributed by atoms with Gasteiger partial charge in [0.15, 0.2) is 0 Å². The number of amides is 2. The van der Waals surface area contributed by atoms with Gasteiger partial charge in [-0.3, -0.25) is 0 Å². The van der Waals surface area contributed by atoms with E-state index < -0.39 is 5.82 Å². The van der Waals surface area contributed by atoms with Gasteiger partial charge in [0.25, 0.3) is 0 Å². The predicted octanol–water partition coefficient (Wildman–Crippen LogP) is 4.64. The molecule has 0 aliphatic carbocycles. The summed E-state index contributed by atoms with van der Waals surface area (Å²) in [4.78, 5) is 11.8. The molecule has 0 heterocycles. The number of hydrogen-bond acceptors (Lipinski definition) is 2. The lowest BCUT2D eigenvalue weighted by Crippen LogP contribution is -2.32. The largest absolute Gasteiger partial charge is 0.490 e. The lowest BCUT2D eigenvalue weighted by molar-refractivity contribution is 0.247. The molecule has 0 spiro atoms. The van der Waals surface area contributed by atoms with Crippen molar-refractivity contribution in [3.8, 4) is 5.75 Å². The fourth-order valence-electron chi connectivity index (χ4n) is 1.81. The van der Waals surface area contributed by atoms with Crippen molar-refractivity contribution in [2.24, 2.45) is 0 Å². The van der Waals surface area contributed by atoms with Gasteiger partial charge >= 0.3 is 6.03 Å². The maximum Gasteiger partial charge on any atom is 0.319 e. The fraction of sp³-hybridized carbons (Fsp3) is 0.188. The second-order valence-electron chi connectivity index (χ2n) is 4.76. The molecule has 122 valence electrons. The van der Waals surface area contributed by atoms with Gasteiger partial charge in [-0.15, -0.1) is 0 Å². The number of anilines is 1. The molecule has 2 aromatic carbocycles. The Morgan fingerprint density at radius 2 is 2.00 bits per heavy atom. The van der Waals surface area contributed by atoms with E-state index in [1.54, 1.807) is 12.1 Å². The number of rotatable bonds is 5. The molecular formula is C16H15Cl2FN2O2. The van der Waals surface area contributed by atoms with Crippen LogP contribution >= 0.6 is 23.2 Å². The molecule has 0 aromatic heterocycles. The van der Waals surface area contributed by atoms with Crippen LogP contribution in [0, 0.1) is 12.7 Å². The van der Waals surface area contributed by atoms with Crippen molar-refractivity contribution < 1.29 is 13.9 Å². The third kappa shape index (κ3) is 5.30. The van der Waals surface area contributed by atoms with Crippen LogP contribution in [-0.2, 0) is 0 Å². The molecule has 2 rings (SSSR count). The third-order valence-electron chi connectivity index (χ3n) is 2.99. The first-order valence-corrected chi connectivity index (χ1v) is 7.60. The Hall–Kier alpha value is -1.98. The number of aryl methyl sites for hydroxylation is 1. The average molecular weight is 357 g/mol. The van der Waals surface area contributed by atoms with Gasteiger partial charge in [-0.2, -0.15) is 0 Å². The summed E-state index contributed by atoms with van der Waals surface area (Å²) in [5.41, 5.74) is 1.54. The van der Waals surface area contributed by atoms with Crippen LogP contribution < -0.4 is 15.4 Å². The predicted molar refractivity (Wildman–Crippen MR) is 90.1 cm³/mol. The number of carbonyl (C=O) groups is 1. The summed E-state index contributed by atoms with van der Waals surface area (Å²) in [7, 11) is 0. The number of nitrogens with one attached hydrogen (secondary N) is 2. The molecule has 0 saturated heterocycles. The third-order valence-corrected chi connectivity index (χ3v) is 3.52. The van der Waals surface area contributed by atoms with Gasteiger partial charge in [0.2, 0.25) is 0 Å². The molecule has 0 fully saturated rings. The van der Waals surface area contributed by atoms with E-state index in [0.717, 1.165) is 5.56 Å². The first-order valence-electron chi connectivity index (χ1n) is 6.84. The number of carbonyl (C=O) groups excluding carboxylic acids is 1. The highest BCUT2D eigenvalue weighted by Crippen LogP contribution is 2.24. The summed E-state index contributed by atoms with van der Waals surface area (Å²) in [6, 6.07) is 8.72. The first kappa shape index (κ1) is 17.4. The zero-order valence-electron chi connectivity index (χ0n) is 12.3. The van der Waals surface area contributed by atoms with Crippen LogP contribution in [0.15, 0.2) is 36.4 Å². The molecule has 0 bridgehead atoms. The summed E-state index contributed by atoms with van der Waals surface area (Å²) in [5.74, 6) is -0.0716. The Balaban J connectivity index is 1.77. The number of halogens is 3. The van der Waals surface area contributed by atoms with E-state index in [2.05, 4.69) is 10.6 Å². The fourth-order valence-corrected chi connectivity index (χ4v) is 2.21. The molecule has 4 nitrogen and oxygen atoms in total. The molecule has 0 saturated carbocycles. The van der Waals surface area contributed by atoms with Crippen LogP contribution in [0.25, 0.3) is 0 Å². The Morgan fingerprint density at radius 3 is 2.74 bits per heavy atom. The maximum atomic E-state index is 12.9. The van der Waals surface area contributed by atoms with E-state index in [1.807, 2.05) is 13.0 Å². The van der Waals surface area contributed by atoms with Crippen LogP contribution in [0.2, 0.25) is 10.0 Å². The lowest BCUT2D eigenvalue weighted by atomic mass is 10.2. The van der Waals surface area contributed by atoms with Crippen LogP contribution in [0.3, 0.4) is 0 Å². The van der Waals surface area contributed by atoms with Gasteiger partial charge in [0.1, 0.15) is 18.2 Å². The van der Waals surface area contributed by atoms with Crippen LogP contribution in [0.1, 0.15) is 5.56 Å². The Bertz CT molecular complexity index is 710. The van der Waals surface area contributed by atoms with E-state index in [9.17, 15) is 9.18 Å². The van der Waals surface area contributed by atoms with Crippen molar-refractivity contribution >= 4 is 34.9 Å². The van der Waals surface area contributed by atoms with Gasteiger partial charge in [0.05, 0.1) is 11.6 Å². The normalized spacial score (nSPS) is 10.3. The minimum Gasteiger partial charge on any atom is -0.490 e. The zero-order valence-corrected chi connectivity index (χ0v) is 13.8. The SMILES string of the molecule is Cc1ccc(Cl)cc1NC(=O)NCCOc1ccc(F)cc1Cl. The summed E-state index contributed by atoms with van der Waals surface area (Å²) < 4.78 is 18.3. The zero-order chi connectivity index (χ0) is 16.8. The Labute approximate surface area is 143 Å².